The van der Waals surface area contributed by atoms with Crippen LogP contribution in [0.25, 0.3) is 0 Å². The van der Waals surface area contributed by atoms with E-state index in [0.717, 1.165) is 49.7 Å². The van der Waals surface area contributed by atoms with Crippen LogP contribution in [0.3, 0.4) is 0 Å². The smallest absolute Gasteiger partial charge is 0.257 e. The van der Waals surface area contributed by atoms with Crippen LogP contribution in [0, 0.1) is 12.8 Å². The van der Waals surface area contributed by atoms with Crippen molar-refractivity contribution in [1.29, 1.82) is 0 Å². The molecule has 2 aromatic heterocycles. The lowest BCUT2D eigenvalue weighted by molar-refractivity contribution is 0.0690. The van der Waals surface area contributed by atoms with Crippen molar-refractivity contribution < 1.29 is 4.79 Å². The zero-order chi connectivity index (χ0) is 17.1. The van der Waals surface area contributed by atoms with Crippen LogP contribution in [0.5, 0.6) is 0 Å². The van der Waals surface area contributed by atoms with Gasteiger partial charge in [0.05, 0.1) is 11.8 Å². The molecule has 0 radical (unpaired) electrons. The molecule has 128 valence electrons. The van der Waals surface area contributed by atoms with Crippen molar-refractivity contribution in [2.45, 2.75) is 26.2 Å². The Morgan fingerprint density at radius 3 is 2.71 bits per heavy atom. The van der Waals surface area contributed by atoms with Crippen molar-refractivity contribution in [3.63, 3.8) is 0 Å². The van der Waals surface area contributed by atoms with E-state index in [9.17, 15) is 4.79 Å². The SMILES string of the molecule is CNc1cc(CC2CCN(C(=O)c3cnn(C)c3)CC2)nc(C)n1. The van der Waals surface area contributed by atoms with Gasteiger partial charge in [0.15, 0.2) is 0 Å². The van der Waals surface area contributed by atoms with E-state index in [-0.39, 0.29) is 5.91 Å². The van der Waals surface area contributed by atoms with Crippen molar-refractivity contribution >= 4 is 11.7 Å². The van der Waals surface area contributed by atoms with Gasteiger partial charge in [0.25, 0.3) is 5.91 Å². The molecule has 0 aliphatic carbocycles. The van der Waals surface area contributed by atoms with Gasteiger partial charge in [-0.15, -0.1) is 0 Å². The molecule has 0 saturated carbocycles. The molecule has 1 aliphatic rings. The molecule has 1 aliphatic heterocycles. The number of nitrogens with zero attached hydrogens (tertiary/aromatic N) is 5. The third-order valence-electron chi connectivity index (χ3n) is 4.50. The molecule has 3 rings (SSSR count). The Morgan fingerprint density at radius 2 is 2.08 bits per heavy atom. The molecule has 0 atom stereocenters. The molecule has 0 unspecified atom stereocenters. The Hall–Kier alpha value is -2.44. The molecule has 3 heterocycles. The van der Waals surface area contributed by atoms with Crippen LogP contribution >= 0.6 is 0 Å². The van der Waals surface area contributed by atoms with Gasteiger partial charge in [0.1, 0.15) is 11.6 Å². The maximum absolute atomic E-state index is 12.4. The number of aryl methyl sites for hydroxylation is 2. The molecule has 7 heteroatoms. The summed E-state index contributed by atoms with van der Waals surface area (Å²) in [6.07, 6.45) is 6.36. The van der Waals surface area contributed by atoms with Crippen molar-refractivity contribution in [3.8, 4) is 0 Å². The Kier molecular flexibility index (Phi) is 4.78. The summed E-state index contributed by atoms with van der Waals surface area (Å²) < 4.78 is 1.66. The van der Waals surface area contributed by atoms with Crippen LogP contribution in [-0.2, 0) is 13.5 Å². The molecule has 7 nitrogen and oxygen atoms in total. The number of aromatic nitrogens is 4. The number of nitrogens with one attached hydrogen (secondary N) is 1. The number of amides is 1. The van der Waals surface area contributed by atoms with Crippen LogP contribution in [-0.4, -0.2) is 50.7 Å². The molecular formula is C17H24N6O. The lowest BCUT2D eigenvalue weighted by Gasteiger charge is -2.31. The van der Waals surface area contributed by atoms with Gasteiger partial charge in [-0.05, 0) is 32.1 Å². The number of hydrogen-bond donors (Lipinski definition) is 1. The monoisotopic (exact) mass is 328 g/mol. The second-order valence-corrected chi connectivity index (χ2v) is 6.38. The van der Waals surface area contributed by atoms with Gasteiger partial charge < -0.3 is 10.2 Å². The number of rotatable bonds is 4. The second kappa shape index (κ2) is 6.98. The highest BCUT2D eigenvalue weighted by atomic mass is 16.2. The largest absolute Gasteiger partial charge is 0.373 e. The maximum atomic E-state index is 12.4. The Balaban J connectivity index is 1.57. The molecule has 1 amide bonds. The molecule has 2 aromatic rings. The molecule has 0 spiro atoms. The van der Waals surface area contributed by atoms with E-state index in [4.69, 9.17) is 0 Å². The lowest BCUT2D eigenvalue weighted by Crippen LogP contribution is -2.38. The quantitative estimate of drug-likeness (QED) is 0.924. The van der Waals surface area contributed by atoms with Gasteiger partial charge in [-0.25, -0.2) is 9.97 Å². The summed E-state index contributed by atoms with van der Waals surface area (Å²) in [4.78, 5) is 23.2. The molecule has 1 saturated heterocycles. The first-order valence-corrected chi connectivity index (χ1v) is 8.35. The number of piperidine rings is 1. The normalized spacial score (nSPS) is 15.5. The minimum Gasteiger partial charge on any atom is -0.373 e. The summed E-state index contributed by atoms with van der Waals surface area (Å²) in [6.45, 7) is 3.50. The average Bonchev–Trinajstić information content (AvgIpc) is 3.01. The first kappa shape index (κ1) is 16.4. The average molecular weight is 328 g/mol. The van der Waals surface area contributed by atoms with Gasteiger partial charge in [-0.3, -0.25) is 9.48 Å². The predicted molar refractivity (Wildman–Crippen MR) is 91.9 cm³/mol. The van der Waals surface area contributed by atoms with E-state index in [1.807, 2.05) is 32.0 Å². The van der Waals surface area contributed by atoms with Crippen LogP contribution in [0.4, 0.5) is 5.82 Å². The van der Waals surface area contributed by atoms with E-state index in [1.54, 1.807) is 17.1 Å². The highest BCUT2D eigenvalue weighted by Gasteiger charge is 2.24. The zero-order valence-corrected chi connectivity index (χ0v) is 14.5. The summed E-state index contributed by atoms with van der Waals surface area (Å²) in [6, 6.07) is 2.01. The molecule has 0 aromatic carbocycles. The Bertz CT molecular complexity index is 718. The number of carbonyl (C=O) groups is 1. The minimum atomic E-state index is 0.0805. The van der Waals surface area contributed by atoms with E-state index >= 15 is 0 Å². The molecule has 24 heavy (non-hydrogen) atoms. The fourth-order valence-electron chi connectivity index (χ4n) is 3.21. The number of likely N-dealkylation sites (tertiary alicyclic amines) is 1. The predicted octanol–water partition coefficient (Wildman–Crippen LogP) is 1.66. The lowest BCUT2D eigenvalue weighted by atomic mass is 9.92. The summed E-state index contributed by atoms with van der Waals surface area (Å²) in [7, 11) is 3.69. The number of anilines is 1. The van der Waals surface area contributed by atoms with Crippen molar-refractivity contribution in [2.75, 3.05) is 25.5 Å². The zero-order valence-electron chi connectivity index (χ0n) is 14.5. The van der Waals surface area contributed by atoms with Crippen LogP contribution in [0.1, 0.15) is 34.7 Å². The van der Waals surface area contributed by atoms with Crippen molar-refractivity contribution in [2.24, 2.45) is 13.0 Å². The van der Waals surface area contributed by atoms with Gasteiger partial charge in [0, 0.05) is 45.1 Å². The van der Waals surface area contributed by atoms with Gasteiger partial charge in [-0.2, -0.15) is 5.10 Å². The first-order valence-electron chi connectivity index (χ1n) is 8.35. The molecule has 0 bridgehead atoms. The molecular weight excluding hydrogens is 304 g/mol. The van der Waals surface area contributed by atoms with Crippen LogP contribution in [0.15, 0.2) is 18.5 Å². The van der Waals surface area contributed by atoms with Gasteiger partial charge in [-0.1, -0.05) is 0 Å². The second-order valence-electron chi connectivity index (χ2n) is 6.38. The summed E-state index contributed by atoms with van der Waals surface area (Å²) in [5.41, 5.74) is 1.74. The van der Waals surface area contributed by atoms with Crippen LogP contribution < -0.4 is 5.32 Å². The van der Waals surface area contributed by atoms with E-state index in [2.05, 4.69) is 20.4 Å². The molecule has 1 fully saturated rings. The third kappa shape index (κ3) is 3.72. The highest BCUT2D eigenvalue weighted by molar-refractivity contribution is 5.93. The van der Waals surface area contributed by atoms with Crippen molar-refractivity contribution in [1.82, 2.24) is 24.6 Å². The summed E-state index contributed by atoms with van der Waals surface area (Å²) in [5.74, 6) is 2.29. The maximum Gasteiger partial charge on any atom is 0.257 e. The fraction of sp³-hybridized carbons (Fsp3) is 0.529. The summed E-state index contributed by atoms with van der Waals surface area (Å²) in [5, 5.41) is 7.15. The summed E-state index contributed by atoms with van der Waals surface area (Å²) >= 11 is 0. The molecule has 1 N–H and O–H groups in total. The standard InChI is InChI=1S/C17H24N6O/c1-12-20-15(9-16(18-2)21-12)8-13-4-6-23(7-5-13)17(24)14-10-19-22(3)11-14/h9-11,13H,4-8H2,1-3H3,(H,18,20,21). The number of carbonyl (C=O) groups excluding carboxylic acids is 1. The van der Waals surface area contributed by atoms with Crippen LogP contribution in [0.2, 0.25) is 0 Å². The van der Waals surface area contributed by atoms with Gasteiger partial charge in [0.2, 0.25) is 0 Å². The van der Waals surface area contributed by atoms with E-state index < -0.39 is 0 Å². The third-order valence-corrected chi connectivity index (χ3v) is 4.50. The first-order chi connectivity index (χ1) is 11.5. The topological polar surface area (TPSA) is 75.9 Å². The highest BCUT2D eigenvalue weighted by Crippen LogP contribution is 2.23. The minimum absolute atomic E-state index is 0.0805. The fourth-order valence-corrected chi connectivity index (χ4v) is 3.21. The number of hydrogen-bond acceptors (Lipinski definition) is 5. The van der Waals surface area contributed by atoms with E-state index in [0.29, 0.717) is 11.5 Å². The Morgan fingerprint density at radius 1 is 1.33 bits per heavy atom. The van der Waals surface area contributed by atoms with Gasteiger partial charge >= 0.3 is 0 Å². The Labute approximate surface area is 142 Å². The van der Waals surface area contributed by atoms with E-state index in [1.165, 1.54) is 0 Å². The van der Waals surface area contributed by atoms with Crippen molar-refractivity contribution in [3.05, 3.63) is 35.5 Å².